The molecule has 4 rings (SSSR count). The maximum atomic E-state index is 12.9. The zero-order valence-electron chi connectivity index (χ0n) is 16.2. The van der Waals surface area contributed by atoms with Gasteiger partial charge in [-0.2, -0.15) is 0 Å². The fraction of sp³-hybridized carbons (Fsp3) is 0.550. The van der Waals surface area contributed by atoms with Crippen molar-refractivity contribution in [2.45, 2.75) is 45.6 Å². The van der Waals surface area contributed by atoms with Gasteiger partial charge in [-0.25, -0.2) is 4.98 Å². The Morgan fingerprint density at radius 3 is 2.89 bits per heavy atom. The van der Waals surface area contributed by atoms with Crippen molar-refractivity contribution in [3.05, 3.63) is 48.8 Å². The fourth-order valence-corrected chi connectivity index (χ4v) is 4.99. The standard InChI is InChI=1S/C20H26N4O2S/c1-12-9-17(27-13(12)2)20(26)24-7-4-5-14(10-24)18-21-16-6-8-23(3)11-15(16)19(25)22-18/h9,14H,4-8,10-11H2,1-3H3,(H,21,22,25)/t14-/m1/s1. The average molecular weight is 387 g/mol. The Bertz CT molecular complexity index is 913. The topological polar surface area (TPSA) is 69.3 Å². The number of hydrogen-bond acceptors (Lipinski definition) is 5. The van der Waals surface area contributed by atoms with Gasteiger partial charge in [0.25, 0.3) is 11.5 Å². The molecule has 1 amide bonds. The number of carbonyl (C=O) groups excluding carboxylic acids is 1. The van der Waals surface area contributed by atoms with Crippen molar-refractivity contribution in [2.24, 2.45) is 0 Å². The lowest BCUT2D eigenvalue weighted by Crippen LogP contribution is -2.40. The monoisotopic (exact) mass is 386 g/mol. The van der Waals surface area contributed by atoms with Crippen LogP contribution < -0.4 is 5.56 Å². The Kier molecular flexibility index (Phi) is 4.90. The molecule has 27 heavy (non-hydrogen) atoms. The van der Waals surface area contributed by atoms with Crippen LogP contribution in [0.25, 0.3) is 0 Å². The van der Waals surface area contributed by atoms with Gasteiger partial charge >= 0.3 is 0 Å². The number of carbonyl (C=O) groups is 1. The van der Waals surface area contributed by atoms with E-state index in [1.807, 2.05) is 24.9 Å². The summed E-state index contributed by atoms with van der Waals surface area (Å²) in [6.07, 6.45) is 2.70. The molecule has 0 bridgehead atoms. The third kappa shape index (κ3) is 3.58. The van der Waals surface area contributed by atoms with Crippen LogP contribution in [0.2, 0.25) is 0 Å². The first kappa shape index (κ1) is 18.4. The molecule has 7 heteroatoms. The van der Waals surface area contributed by atoms with Gasteiger partial charge in [0.05, 0.1) is 16.1 Å². The number of thiophene rings is 1. The van der Waals surface area contributed by atoms with E-state index in [9.17, 15) is 9.59 Å². The lowest BCUT2D eigenvalue weighted by molar-refractivity contribution is 0.0709. The molecule has 2 aliphatic heterocycles. The van der Waals surface area contributed by atoms with Crippen LogP contribution in [-0.2, 0) is 13.0 Å². The molecule has 6 nitrogen and oxygen atoms in total. The van der Waals surface area contributed by atoms with Gasteiger partial charge in [-0.1, -0.05) is 0 Å². The summed E-state index contributed by atoms with van der Waals surface area (Å²) < 4.78 is 0. The molecule has 2 aromatic heterocycles. The van der Waals surface area contributed by atoms with Gasteiger partial charge in [0, 0.05) is 43.4 Å². The molecule has 4 heterocycles. The van der Waals surface area contributed by atoms with Crippen LogP contribution in [0.3, 0.4) is 0 Å². The smallest absolute Gasteiger partial charge is 0.263 e. The lowest BCUT2D eigenvalue weighted by atomic mass is 9.96. The first-order valence-electron chi connectivity index (χ1n) is 9.59. The summed E-state index contributed by atoms with van der Waals surface area (Å²) in [6, 6.07) is 1.99. The SMILES string of the molecule is Cc1cc(C(=O)N2CCC[C@@H](c3nc4c(c(=O)[nH]3)CN(C)CC4)C2)sc1C. The van der Waals surface area contributed by atoms with Crippen molar-refractivity contribution in [3.63, 3.8) is 0 Å². The third-order valence-corrected chi connectivity index (χ3v) is 6.89. The van der Waals surface area contributed by atoms with Gasteiger partial charge in [0.2, 0.25) is 0 Å². The molecule has 2 aromatic rings. The summed E-state index contributed by atoms with van der Waals surface area (Å²) in [7, 11) is 2.02. The van der Waals surface area contributed by atoms with E-state index in [4.69, 9.17) is 4.98 Å². The minimum absolute atomic E-state index is 0.0190. The Labute approximate surface area is 163 Å². The van der Waals surface area contributed by atoms with Crippen molar-refractivity contribution >= 4 is 17.2 Å². The molecule has 1 atom stereocenters. The molecule has 144 valence electrons. The molecule has 0 unspecified atom stereocenters. The highest BCUT2D eigenvalue weighted by molar-refractivity contribution is 7.14. The average Bonchev–Trinajstić information content (AvgIpc) is 3.00. The predicted molar refractivity (Wildman–Crippen MR) is 107 cm³/mol. The van der Waals surface area contributed by atoms with Gasteiger partial charge in [0.15, 0.2) is 0 Å². The number of aromatic nitrogens is 2. The van der Waals surface area contributed by atoms with Crippen molar-refractivity contribution in [2.75, 3.05) is 26.7 Å². The highest BCUT2D eigenvalue weighted by atomic mass is 32.1. The van der Waals surface area contributed by atoms with Crippen molar-refractivity contribution in [1.29, 1.82) is 0 Å². The van der Waals surface area contributed by atoms with E-state index in [2.05, 4.69) is 16.8 Å². The molecule has 1 saturated heterocycles. The quantitative estimate of drug-likeness (QED) is 0.861. The second-order valence-electron chi connectivity index (χ2n) is 7.80. The number of amides is 1. The van der Waals surface area contributed by atoms with Crippen molar-refractivity contribution in [3.8, 4) is 0 Å². The van der Waals surface area contributed by atoms with Crippen LogP contribution in [0, 0.1) is 13.8 Å². The Morgan fingerprint density at radius 2 is 2.15 bits per heavy atom. The predicted octanol–water partition coefficient (Wildman–Crippen LogP) is 2.46. The molecule has 0 saturated carbocycles. The van der Waals surface area contributed by atoms with Crippen LogP contribution in [0.15, 0.2) is 10.9 Å². The molecular weight excluding hydrogens is 360 g/mol. The molecule has 1 N–H and O–H groups in total. The molecule has 0 spiro atoms. The Hall–Kier alpha value is -1.99. The summed E-state index contributed by atoms with van der Waals surface area (Å²) in [5.74, 6) is 0.949. The normalized spacial score (nSPS) is 20.6. The zero-order chi connectivity index (χ0) is 19.1. The number of piperidine rings is 1. The number of aromatic amines is 1. The van der Waals surface area contributed by atoms with E-state index >= 15 is 0 Å². The summed E-state index contributed by atoms with van der Waals surface area (Å²) in [4.78, 5) is 39.3. The number of nitrogens with zero attached hydrogens (tertiary/aromatic N) is 3. The van der Waals surface area contributed by atoms with Crippen LogP contribution in [0.5, 0.6) is 0 Å². The molecule has 0 aromatic carbocycles. The minimum atomic E-state index is -0.0190. The second-order valence-corrected chi connectivity index (χ2v) is 9.06. The van der Waals surface area contributed by atoms with E-state index in [0.717, 1.165) is 54.3 Å². The number of aryl methyl sites for hydroxylation is 2. The molecule has 2 aliphatic rings. The number of hydrogen-bond donors (Lipinski definition) is 1. The summed E-state index contributed by atoms with van der Waals surface area (Å²) in [6.45, 7) is 7.07. The largest absolute Gasteiger partial charge is 0.337 e. The number of fused-ring (bicyclic) bond motifs is 1. The van der Waals surface area contributed by atoms with Crippen molar-refractivity contribution < 1.29 is 4.79 Å². The zero-order valence-corrected chi connectivity index (χ0v) is 17.0. The van der Waals surface area contributed by atoms with Crippen LogP contribution in [-0.4, -0.2) is 52.4 Å². The van der Waals surface area contributed by atoms with Gasteiger partial charge in [-0.3, -0.25) is 9.59 Å². The van der Waals surface area contributed by atoms with Crippen LogP contribution in [0.1, 0.15) is 56.0 Å². The summed E-state index contributed by atoms with van der Waals surface area (Å²) >= 11 is 1.57. The minimum Gasteiger partial charge on any atom is -0.337 e. The van der Waals surface area contributed by atoms with E-state index in [-0.39, 0.29) is 17.4 Å². The first-order chi connectivity index (χ1) is 12.9. The van der Waals surface area contributed by atoms with Gasteiger partial charge in [0.1, 0.15) is 5.82 Å². The first-order valence-corrected chi connectivity index (χ1v) is 10.4. The lowest BCUT2D eigenvalue weighted by Gasteiger charge is -2.32. The summed E-state index contributed by atoms with van der Waals surface area (Å²) in [5.41, 5.74) is 2.87. The van der Waals surface area contributed by atoms with Crippen molar-refractivity contribution in [1.82, 2.24) is 19.8 Å². The van der Waals surface area contributed by atoms with E-state index in [0.29, 0.717) is 13.1 Å². The molecule has 0 radical (unpaired) electrons. The number of nitrogens with one attached hydrogen (secondary N) is 1. The number of likely N-dealkylation sites (N-methyl/N-ethyl adjacent to an activating group) is 1. The molecular formula is C20H26N4O2S. The van der Waals surface area contributed by atoms with Crippen LogP contribution >= 0.6 is 11.3 Å². The Balaban J connectivity index is 1.56. The Morgan fingerprint density at radius 1 is 1.33 bits per heavy atom. The number of H-pyrrole nitrogens is 1. The second kappa shape index (κ2) is 7.20. The van der Waals surface area contributed by atoms with E-state index in [1.165, 1.54) is 10.4 Å². The number of rotatable bonds is 2. The van der Waals surface area contributed by atoms with Gasteiger partial charge in [-0.15, -0.1) is 11.3 Å². The van der Waals surface area contributed by atoms with Crippen LogP contribution in [0.4, 0.5) is 0 Å². The summed E-state index contributed by atoms with van der Waals surface area (Å²) in [5, 5.41) is 0. The fourth-order valence-electron chi connectivity index (χ4n) is 3.99. The molecule has 0 aliphatic carbocycles. The van der Waals surface area contributed by atoms with Gasteiger partial charge in [-0.05, 0) is 45.4 Å². The number of likely N-dealkylation sites (tertiary alicyclic amines) is 1. The highest BCUT2D eigenvalue weighted by Crippen LogP contribution is 2.28. The van der Waals surface area contributed by atoms with E-state index < -0.39 is 0 Å². The van der Waals surface area contributed by atoms with Gasteiger partial charge < -0.3 is 14.8 Å². The maximum Gasteiger partial charge on any atom is 0.263 e. The van der Waals surface area contributed by atoms with E-state index in [1.54, 1.807) is 11.3 Å². The molecule has 1 fully saturated rings. The highest BCUT2D eigenvalue weighted by Gasteiger charge is 2.29. The third-order valence-electron chi connectivity index (χ3n) is 5.75. The maximum absolute atomic E-state index is 12.9.